The first-order valence-corrected chi connectivity index (χ1v) is 37.2. The molecule has 12 unspecified atom stereocenters. The zero-order chi connectivity index (χ0) is 63.8. The molecule has 0 aliphatic carbocycles. The van der Waals surface area contributed by atoms with Crippen LogP contribution in [0.1, 0.15) is 335 Å². The summed E-state index contributed by atoms with van der Waals surface area (Å²) in [5.74, 6) is -0.246. The summed E-state index contributed by atoms with van der Waals surface area (Å²) in [5, 5.41) is 87.5. The standard InChI is InChI=1S/C74H139NO13/c1-3-5-7-9-11-13-15-17-19-21-23-25-27-28-29-30-31-32-33-34-36-37-39-41-43-45-47-49-51-53-55-57-63(78)62(61-85-73-71(84)69(82)72(65(60-77)87-73)88-74-70(83)68(81)67(80)64(59-76)86-74)75-66(79)58-56-54-52-50-48-46-44-42-40-38-35-26-24-22-20-18-16-14-12-10-8-6-4-2/h39,41,47,49,55,57,62-65,67-74,76-78,80-84H,3-38,40,42-46,48,50-54,56,58-61H2,1-2H3,(H,75,79)/b41-39+,49-47+,57-55+. The van der Waals surface area contributed by atoms with Gasteiger partial charge in [-0.05, 0) is 44.9 Å². The van der Waals surface area contributed by atoms with E-state index in [9.17, 15) is 45.6 Å². The van der Waals surface area contributed by atoms with Crippen LogP contribution < -0.4 is 5.32 Å². The van der Waals surface area contributed by atoms with Gasteiger partial charge < -0.3 is 65.1 Å². The Labute approximate surface area is 538 Å². The largest absolute Gasteiger partial charge is 0.394 e. The minimum Gasteiger partial charge on any atom is -0.394 e. The Bertz CT molecular complexity index is 1620. The van der Waals surface area contributed by atoms with E-state index in [1.165, 1.54) is 257 Å². The second kappa shape index (κ2) is 59.0. The quantitative estimate of drug-likeness (QED) is 0.0204. The molecule has 0 aromatic carbocycles. The van der Waals surface area contributed by atoms with Gasteiger partial charge >= 0.3 is 0 Å². The summed E-state index contributed by atoms with van der Waals surface area (Å²) in [4.78, 5) is 13.3. The third kappa shape index (κ3) is 42.4. The number of ether oxygens (including phenoxy) is 4. The van der Waals surface area contributed by atoms with Crippen LogP contribution in [0.4, 0.5) is 0 Å². The monoisotopic (exact) mass is 1250 g/mol. The van der Waals surface area contributed by atoms with Gasteiger partial charge in [-0.2, -0.15) is 0 Å². The van der Waals surface area contributed by atoms with Gasteiger partial charge in [-0.1, -0.05) is 320 Å². The highest BCUT2D eigenvalue weighted by molar-refractivity contribution is 5.76. The Morgan fingerprint density at radius 1 is 0.398 bits per heavy atom. The highest BCUT2D eigenvalue weighted by Crippen LogP contribution is 2.30. The van der Waals surface area contributed by atoms with E-state index in [0.717, 1.165) is 44.9 Å². The SMILES string of the molecule is CCCCCCCCCCCCCCCCCCCCCCC/C=C/CC/C=C/CC/C=C/C(O)C(COC1OC(CO)C(OC2OC(CO)C(O)C(O)C2O)C(O)C1O)NC(=O)CCCCCCCCCCCCCCCCCCCCCCCCC. The first-order valence-electron chi connectivity index (χ1n) is 37.2. The lowest BCUT2D eigenvalue weighted by atomic mass is 9.97. The Morgan fingerprint density at radius 3 is 1.11 bits per heavy atom. The van der Waals surface area contributed by atoms with Crippen molar-refractivity contribution in [3.8, 4) is 0 Å². The molecule has 2 heterocycles. The van der Waals surface area contributed by atoms with Gasteiger partial charge in [-0.15, -0.1) is 0 Å². The fourth-order valence-corrected chi connectivity index (χ4v) is 12.4. The molecule has 0 aromatic rings. The van der Waals surface area contributed by atoms with Crippen LogP contribution in [0.5, 0.6) is 0 Å². The Balaban J connectivity index is 1.68. The molecule has 2 saturated heterocycles. The third-order valence-corrected chi connectivity index (χ3v) is 18.3. The highest BCUT2D eigenvalue weighted by atomic mass is 16.7. The highest BCUT2D eigenvalue weighted by Gasteiger charge is 2.51. The number of amides is 1. The third-order valence-electron chi connectivity index (χ3n) is 18.3. The van der Waals surface area contributed by atoms with Crippen LogP contribution in [0.25, 0.3) is 0 Å². The van der Waals surface area contributed by atoms with Crippen molar-refractivity contribution in [3.63, 3.8) is 0 Å². The molecule has 1 amide bonds. The van der Waals surface area contributed by atoms with Gasteiger partial charge in [0.05, 0.1) is 32.0 Å². The zero-order valence-corrected chi connectivity index (χ0v) is 56.5. The van der Waals surface area contributed by atoms with Gasteiger partial charge in [0.2, 0.25) is 5.91 Å². The number of rotatable bonds is 62. The summed E-state index contributed by atoms with van der Waals surface area (Å²) in [6.45, 7) is 2.83. The molecule has 9 N–H and O–H groups in total. The molecular formula is C74H139NO13. The summed E-state index contributed by atoms with van der Waals surface area (Å²) in [5.41, 5.74) is 0. The molecule has 14 nitrogen and oxygen atoms in total. The Kier molecular flexibility index (Phi) is 55.2. The lowest BCUT2D eigenvalue weighted by Gasteiger charge is -2.46. The van der Waals surface area contributed by atoms with Crippen molar-refractivity contribution in [2.24, 2.45) is 0 Å². The fourth-order valence-electron chi connectivity index (χ4n) is 12.4. The molecule has 0 radical (unpaired) electrons. The maximum atomic E-state index is 13.3. The normalized spacial score (nSPS) is 23.3. The van der Waals surface area contributed by atoms with Crippen LogP contribution in [0.15, 0.2) is 36.5 Å². The summed E-state index contributed by atoms with van der Waals surface area (Å²) < 4.78 is 22.9. The van der Waals surface area contributed by atoms with Gasteiger partial charge in [0.1, 0.15) is 48.8 Å². The molecule has 0 aromatic heterocycles. The summed E-state index contributed by atoms with van der Waals surface area (Å²) in [6.07, 6.45) is 59.3. The number of hydrogen-bond donors (Lipinski definition) is 9. The number of unbranched alkanes of at least 4 members (excludes halogenated alkanes) is 45. The van der Waals surface area contributed by atoms with E-state index < -0.39 is 86.8 Å². The van der Waals surface area contributed by atoms with E-state index in [0.29, 0.717) is 12.8 Å². The van der Waals surface area contributed by atoms with E-state index >= 15 is 0 Å². The maximum absolute atomic E-state index is 13.3. The molecule has 12 atom stereocenters. The van der Waals surface area contributed by atoms with Crippen LogP contribution >= 0.6 is 0 Å². The van der Waals surface area contributed by atoms with Crippen molar-refractivity contribution in [1.82, 2.24) is 5.32 Å². The summed E-state index contributed by atoms with van der Waals surface area (Å²) in [6, 6.07) is -0.937. The van der Waals surface area contributed by atoms with Gasteiger partial charge in [-0.25, -0.2) is 0 Å². The molecule has 14 heteroatoms. The maximum Gasteiger partial charge on any atom is 0.220 e. The second-order valence-corrected chi connectivity index (χ2v) is 26.4. The number of nitrogens with one attached hydrogen (secondary N) is 1. The number of allylic oxidation sites excluding steroid dienone is 5. The molecule has 0 spiro atoms. The molecule has 2 fully saturated rings. The summed E-state index contributed by atoms with van der Waals surface area (Å²) in [7, 11) is 0. The number of carbonyl (C=O) groups is 1. The smallest absolute Gasteiger partial charge is 0.220 e. The van der Waals surface area contributed by atoms with E-state index in [-0.39, 0.29) is 18.9 Å². The number of hydrogen-bond acceptors (Lipinski definition) is 13. The minimum absolute atomic E-state index is 0.246. The fraction of sp³-hybridized carbons (Fsp3) is 0.905. The average molecular weight is 1250 g/mol. The first kappa shape index (κ1) is 82.3. The minimum atomic E-state index is -1.79. The lowest BCUT2D eigenvalue weighted by Crippen LogP contribution is -2.65. The molecule has 0 bridgehead atoms. The summed E-state index contributed by atoms with van der Waals surface area (Å²) >= 11 is 0. The van der Waals surface area contributed by atoms with Crippen molar-refractivity contribution in [2.75, 3.05) is 19.8 Å². The van der Waals surface area contributed by atoms with Gasteiger partial charge in [0.15, 0.2) is 12.6 Å². The van der Waals surface area contributed by atoms with Crippen molar-refractivity contribution in [1.29, 1.82) is 0 Å². The Hall–Kier alpha value is -1.79. The van der Waals surface area contributed by atoms with Gasteiger partial charge in [0.25, 0.3) is 0 Å². The molecule has 0 saturated carbocycles. The predicted molar refractivity (Wildman–Crippen MR) is 360 cm³/mol. The van der Waals surface area contributed by atoms with Gasteiger partial charge in [0, 0.05) is 6.42 Å². The van der Waals surface area contributed by atoms with E-state index in [4.69, 9.17) is 18.9 Å². The van der Waals surface area contributed by atoms with Crippen molar-refractivity contribution in [3.05, 3.63) is 36.5 Å². The lowest BCUT2D eigenvalue weighted by molar-refractivity contribution is -0.359. The molecule has 2 rings (SSSR count). The first-order chi connectivity index (χ1) is 43.1. The zero-order valence-electron chi connectivity index (χ0n) is 56.5. The Morgan fingerprint density at radius 2 is 0.727 bits per heavy atom. The van der Waals surface area contributed by atoms with Crippen molar-refractivity contribution < 1.29 is 64.6 Å². The van der Waals surface area contributed by atoms with E-state index in [1.54, 1.807) is 6.08 Å². The predicted octanol–water partition coefficient (Wildman–Crippen LogP) is 15.7. The molecule has 2 aliphatic rings. The van der Waals surface area contributed by atoms with Crippen LogP contribution in [-0.4, -0.2) is 140 Å². The van der Waals surface area contributed by atoms with Crippen molar-refractivity contribution >= 4 is 5.91 Å². The topological polar surface area (TPSA) is 228 Å². The molecule has 88 heavy (non-hydrogen) atoms. The van der Waals surface area contributed by atoms with Crippen LogP contribution in [0.2, 0.25) is 0 Å². The van der Waals surface area contributed by atoms with Crippen LogP contribution in [0, 0.1) is 0 Å². The van der Waals surface area contributed by atoms with Crippen LogP contribution in [-0.2, 0) is 23.7 Å². The van der Waals surface area contributed by atoms with Crippen LogP contribution in [0.3, 0.4) is 0 Å². The number of aliphatic hydroxyl groups is 8. The average Bonchev–Trinajstić information content (AvgIpc) is 2.07. The van der Waals surface area contributed by atoms with E-state index in [2.05, 4.69) is 43.5 Å². The second-order valence-electron chi connectivity index (χ2n) is 26.4. The molecular weight excluding hydrogens is 1110 g/mol. The number of aliphatic hydroxyl groups excluding tert-OH is 8. The van der Waals surface area contributed by atoms with E-state index in [1.807, 2.05) is 6.08 Å². The molecule has 518 valence electrons. The van der Waals surface area contributed by atoms with Gasteiger partial charge in [-0.3, -0.25) is 4.79 Å². The molecule has 2 aliphatic heterocycles. The van der Waals surface area contributed by atoms with Crippen molar-refractivity contribution in [2.45, 2.75) is 408 Å². The number of carbonyl (C=O) groups excluding carboxylic acids is 1.